The summed E-state index contributed by atoms with van der Waals surface area (Å²) in [4.78, 5) is 1.79. The van der Waals surface area contributed by atoms with Crippen LogP contribution in [0.1, 0.15) is 46.5 Å². The Morgan fingerprint density at radius 1 is 1.37 bits per heavy atom. The number of alkyl halides is 2. The van der Waals surface area contributed by atoms with Crippen LogP contribution in [-0.4, -0.2) is 44.0 Å². The van der Waals surface area contributed by atoms with Gasteiger partial charge in [-0.2, -0.15) is 0 Å². The van der Waals surface area contributed by atoms with Gasteiger partial charge in [0, 0.05) is 12.6 Å². The van der Waals surface area contributed by atoms with Crippen LogP contribution in [0.15, 0.2) is 0 Å². The van der Waals surface area contributed by atoms with E-state index in [4.69, 9.17) is 0 Å². The number of nitrogens with one attached hydrogen (secondary N) is 1. The average Bonchev–Trinajstić information content (AvgIpc) is 2.26. The molecule has 1 aliphatic rings. The maximum absolute atomic E-state index is 12.4. The summed E-state index contributed by atoms with van der Waals surface area (Å²) in [7, 11) is 1.81. The molecule has 0 aliphatic heterocycles. The highest BCUT2D eigenvalue weighted by molar-refractivity contribution is 4.90. The van der Waals surface area contributed by atoms with Crippen molar-refractivity contribution in [3.8, 4) is 0 Å². The number of hydrogen-bond acceptors (Lipinski definition) is 2. The highest BCUT2D eigenvalue weighted by atomic mass is 19.3. The van der Waals surface area contributed by atoms with Crippen LogP contribution in [0, 0.1) is 11.3 Å². The molecule has 2 nitrogen and oxygen atoms in total. The predicted octanol–water partition coefficient (Wildman–Crippen LogP) is 3.38. The van der Waals surface area contributed by atoms with E-state index in [0.29, 0.717) is 17.4 Å². The molecule has 114 valence electrons. The lowest BCUT2D eigenvalue weighted by molar-refractivity contribution is 0.0666. The van der Waals surface area contributed by atoms with E-state index in [2.05, 4.69) is 26.1 Å². The second kappa shape index (κ2) is 7.53. The fourth-order valence-corrected chi connectivity index (χ4v) is 3.24. The summed E-state index contributed by atoms with van der Waals surface area (Å²) in [5.41, 5.74) is 0.348. The highest BCUT2D eigenvalue weighted by Crippen LogP contribution is 2.39. The predicted molar refractivity (Wildman–Crippen MR) is 76.7 cm³/mol. The Morgan fingerprint density at radius 3 is 2.63 bits per heavy atom. The maximum atomic E-state index is 12.4. The molecule has 1 N–H and O–H groups in total. The number of halogens is 2. The van der Waals surface area contributed by atoms with Crippen molar-refractivity contribution >= 4 is 0 Å². The van der Waals surface area contributed by atoms with Gasteiger partial charge in [0.15, 0.2) is 0 Å². The molecule has 1 fully saturated rings. The van der Waals surface area contributed by atoms with Gasteiger partial charge >= 0.3 is 0 Å². The zero-order valence-corrected chi connectivity index (χ0v) is 12.9. The second-order valence-corrected chi connectivity index (χ2v) is 6.84. The van der Waals surface area contributed by atoms with Crippen LogP contribution < -0.4 is 5.32 Å². The fourth-order valence-electron chi connectivity index (χ4n) is 3.24. The van der Waals surface area contributed by atoms with Gasteiger partial charge in [-0.1, -0.05) is 20.8 Å². The van der Waals surface area contributed by atoms with E-state index in [0.717, 1.165) is 25.9 Å². The SMILES string of the molecule is CCCNC1CCC(C)(C)CC1CN(C)CC(F)F. The Bertz CT molecular complexity index is 257. The molecule has 0 aromatic heterocycles. The lowest BCUT2D eigenvalue weighted by Gasteiger charge is -2.42. The second-order valence-electron chi connectivity index (χ2n) is 6.84. The zero-order chi connectivity index (χ0) is 14.5. The summed E-state index contributed by atoms with van der Waals surface area (Å²) in [5.74, 6) is 0.485. The van der Waals surface area contributed by atoms with Gasteiger partial charge in [0.1, 0.15) is 0 Å². The number of hydrogen-bond donors (Lipinski definition) is 1. The summed E-state index contributed by atoms with van der Waals surface area (Å²) in [6.07, 6.45) is 2.41. The topological polar surface area (TPSA) is 15.3 Å². The number of nitrogens with zero attached hydrogens (tertiary/aromatic N) is 1. The first-order chi connectivity index (χ1) is 8.84. The summed E-state index contributed by atoms with van der Waals surface area (Å²) in [6, 6.07) is 0.494. The van der Waals surface area contributed by atoms with Crippen molar-refractivity contribution in [1.82, 2.24) is 10.2 Å². The van der Waals surface area contributed by atoms with Crippen LogP contribution in [0.25, 0.3) is 0 Å². The molecule has 2 unspecified atom stereocenters. The third-order valence-electron chi connectivity index (χ3n) is 4.17. The van der Waals surface area contributed by atoms with E-state index in [9.17, 15) is 8.78 Å². The molecule has 1 aliphatic carbocycles. The normalized spacial score (nSPS) is 27.2. The average molecular weight is 276 g/mol. The van der Waals surface area contributed by atoms with Crippen LogP contribution >= 0.6 is 0 Å². The van der Waals surface area contributed by atoms with Crippen LogP contribution in [0.4, 0.5) is 8.78 Å². The van der Waals surface area contributed by atoms with Crippen molar-refractivity contribution < 1.29 is 8.78 Å². The summed E-state index contributed by atoms with van der Waals surface area (Å²) in [5, 5.41) is 3.60. The molecule has 2 atom stereocenters. The van der Waals surface area contributed by atoms with Crippen molar-refractivity contribution in [3.05, 3.63) is 0 Å². The molecule has 0 aromatic carbocycles. The zero-order valence-electron chi connectivity index (χ0n) is 12.9. The first-order valence-electron chi connectivity index (χ1n) is 7.54. The highest BCUT2D eigenvalue weighted by Gasteiger charge is 2.35. The summed E-state index contributed by atoms with van der Waals surface area (Å²) in [6.45, 7) is 8.44. The minimum Gasteiger partial charge on any atom is -0.314 e. The van der Waals surface area contributed by atoms with Gasteiger partial charge in [0.2, 0.25) is 0 Å². The Kier molecular flexibility index (Phi) is 6.67. The van der Waals surface area contributed by atoms with Gasteiger partial charge in [-0.15, -0.1) is 0 Å². The molecule has 0 radical (unpaired) electrons. The van der Waals surface area contributed by atoms with Gasteiger partial charge < -0.3 is 10.2 Å². The van der Waals surface area contributed by atoms with Crippen LogP contribution in [0.2, 0.25) is 0 Å². The molecule has 1 saturated carbocycles. The first kappa shape index (κ1) is 16.8. The van der Waals surface area contributed by atoms with Gasteiger partial charge in [-0.25, -0.2) is 8.78 Å². The lowest BCUT2D eigenvalue weighted by Crippen LogP contribution is -2.47. The van der Waals surface area contributed by atoms with E-state index >= 15 is 0 Å². The largest absolute Gasteiger partial charge is 0.314 e. The Hall–Kier alpha value is -0.220. The molecule has 1 rings (SSSR count). The van der Waals surface area contributed by atoms with E-state index in [-0.39, 0.29) is 6.54 Å². The molecule has 0 aromatic rings. The monoisotopic (exact) mass is 276 g/mol. The third-order valence-corrected chi connectivity index (χ3v) is 4.17. The van der Waals surface area contributed by atoms with Crippen LogP contribution in [0.5, 0.6) is 0 Å². The van der Waals surface area contributed by atoms with Gasteiger partial charge in [-0.3, -0.25) is 0 Å². The Labute approximate surface area is 116 Å². The molecule has 0 heterocycles. The smallest absolute Gasteiger partial charge is 0.251 e. The van der Waals surface area contributed by atoms with Crippen molar-refractivity contribution in [2.24, 2.45) is 11.3 Å². The minimum absolute atomic E-state index is 0.114. The standard InChI is InChI=1S/C15H30F2N2/c1-5-8-18-13-6-7-15(2,3)9-12(13)10-19(4)11-14(16)17/h12-14,18H,5-11H2,1-4H3. The Balaban J connectivity index is 2.55. The van der Waals surface area contributed by atoms with Crippen molar-refractivity contribution in [3.63, 3.8) is 0 Å². The van der Waals surface area contributed by atoms with Crippen molar-refractivity contribution in [2.75, 3.05) is 26.7 Å². The molecular formula is C15H30F2N2. The quantitative estimate of drug-likeness (QED) is 0.767. The van der Waals surface area contributed by atoms with Crippen LogP contribution in [-0.2, 0) is 0 Å². The lowest BCUT2D eigenvalue weighted by atomic mass is 9.69. The van der Waals surface area contributed by atoms with Crippen LogP contribution in [0.3, 0.4) is 0 Å². The molecule has 4 heteroatoms. The van der Waals surface area contributed by atoms with Crippen molar-refractivity contribution in [2.45, 2.75) is 58.9 Å². The summed E-state index contributed by atoms with van der Waals surface area (Å²) < 4.78 is 24.9. The van der Waals surface area contributed by atoms with E-state index in [1.54, 1.807) is 4.90 Å². The maximum Gasteiger partial charge on any atom is 0.251 e. The van der Waals surface area contributed by atoms with E-state index < -0.39 is 6.43 Å². The third kappa shape index (κ3) is 6.17. The molecule has 0 saturated heterocycles. The first-order valence-corrected chi connectivity index (χ1v) is 7.54. The molecule has 19 heavy (non-hydrogen) atoms. The molecule has 0 spiro atoms. The fraction of sp³-hybridized carbons (Fsp3) is 1.00. The van der Waals surface area contributed by atoms with Crippen molar-refractivity contribution in [1.29, 1.82) is 0 Å². The Morgan fingerprint density at radius 2 is 2.05 bits per heavy atom. The van der Waals surface area contributed by atoms with Gasteiger partial charge in [0.05, 0.1) is 6.54 Å². The molecule has 0 bridgehead atoms. The minimum atomic E-state index is -2.23. The van der Waals surface area contributed by atoms with Gasteiger partial charge in [-0.05, 0) is 50.6 Å². The van der Waals surface area contributed by atoms with Gasteiger partial charge in [0.25, 0.3) is 6.43 Å². The van der Waals surface area contributed by atoms with E-state index in [1.807, 2.05) is 7.05 Å². The number of rotatable bonds is 7. The molecular weight excluding hydrogens is 246 g/mol. The van der Waals surface area contributed by atoms with E-state index in [1.165, 1.54) is 12.8 Å². The summed E-state index contributed by atoms with van der Waals surface area (Å²) >= 11 is 0. The molecule has 0 amide bonds.